The van der Waals surface area contributed by atoms with Crippen molar-refractivity contribution in [3.63, 3.8) is 0 Å². The smallest absolute Gasteiger partial charge is 0.404 e. The molecule has 0 saturated heterocycles. The van der Waals surface area contributed by atoms with Crippen LogP contribution in [0.15, 0.2) is 72.8 Å². The second-order valence-corrected chi connectivity index (χ2v) is 6.53. The molecule has 0 spiro atoms. The van der Waals surface area contributed by atoms with Crippen molar-refractivity contribution in [1.29, 1.82) is 0 Å². The summed E-state index contributed by atoms with van der Waals surface area (Å²) in [6.45, 7) is 2.22. The zero-order chi connectivity index (χ0) is 20.1. The summed E-state index contributed by atoms with van der Waals surface area (Å²) in [6, 6.07) is 23.1. The number of nitrogens with two attached hydrogens (primary N) is 1. The van der Waals surface area contributed by atoms with Crippen LogP contribution in [-0.2, 0) is 4.74 Å². The molecule has 3 N–H and O–H groups in total. The molecule has 1 aliphatic carbocycles. The van der Waals surface area contributed by atoms with E-state index in [1.54, 1.807) is 24.3 Å². The number of benzene rings is 3. The third kappa shape index (κ3) is 4.20. The lowest BCUT2D eigenvalue weighted by Crippen LogP contribution is -2.17. The molecule has 1 aliphatic rings. The number of aryl methyl sites for hydroxylation is 1. The van der Waals surface area contributed by atoms with Crippen molar-refractivity contribution in [2.45, 2.75) is 12.8 Å². The molecular weight excluding hydrogens is 354 g/mol. The first kappa shape index (κ1) is 19.2. The number of carbonyl (C=O) groups excluding carboxylic acids is 1. The van der Waals surface area contributed by atoms with Gasteiger partial charge in [0.15, 0.2) is 0 Å². The number of hydrogen-bond acceptors (Lipinski definition) is 3. The summed E-state index contributed by atoms with van der Waals surface area (Å²) in [7, 11) is 0. The maximum Gasteiger partial charge on any atom is 0.404 e. The summed E-state index contributed by atoms with van der Waals surface area (Å²) in [5, 5.41) is 8.48. The molecule has 0 radical (unpaired) electrons. The molecule has 0 aliphatic heterocycles. The molecule has 0 aromatic heterocycles. The highest BCUT2D eigenvalue weighted by atomic mass is 16.5. The molecule has 5 heteroatoms. The fourth-order valence-corrected chi connectivity index (χ4v) is 3.30. The summed E-state index contributed by atoms with van der Waals surface area (Å²) < 4.78 is 4.98. The molecular formula is C23H23NO4. The number of carboxylic acid groups (broad SMARTS) is 1. The Morgan fingerprint density at radius 2 is 1.43 bits per heavy atom. The van der Waals surface area contributed by atoms with Gasteiger partial charge in [-0.3, -0.25) is 0 Å². The van der Waals surface area contributed by atoms with Crippen LogP contribution in [0.4, 0.5) is 4.79 Å². The van der Waals surface area contributed by atoms with Gasteiger partial charge in [0.1, 0.15) is 6.61 Å². The Morgan fingerprint density at radius 1 is 0.929 bits per heavy atom. The Kier molecular flexibility index (Phi) is 5.75. The van der Waals surface area contributed by atoms with Gasteiger partial charge in [-0.2, -0.15) is 0 Å². The standard InChI is InChI=1S/C15H13NO2.C8H8O2.H2/c16-15(17)18-9-14-12-7-3-1-5-10(12)11-6-2-4-8-13(11)14;1-6-2-4-7(5-3-6)8(9)10;/h1-8,14H,9H2,(H2,16,17);2-5H,1H3,(H,9,10);1H. The molecule has 144 valence electrons. The van der Waals surface area contributed by atoms with Gasteiger partial charge in [0.05, 0.1) is 5.56 Å². The molecule has 0 heterocycles. The molecule has 5 nitrogen and oxygen atoms in total. The number of hydrogen-bond donors (Lipinski definition) is 2. The van der Waals surface area contributed by atoms with Crippen LogP contribution in [0.1, 0.15) is 34.4 Å². The van der Waals surface area contributed by atoms with Crippen molar-refractivity contribution < 1.29 is 20.9 Å². The molecule has 0 unspecified atom stereocenters. The summed E-state index contributed by atoms with van der Waals surface area (Å²) >= 11 is 0. The van der Waals surface area contributed by atoms with E-state index in [1.165, 1.54) is 22.3 Å². The normalized spacial score (nSPS) is 11.6. The predicted molar refractivity (Wildman–Crippen MR) is 110 cm³/mol. The highest BCUT2D eigenvalue weighted by Gasteiger charge is 2.28. The Labute approximate surface area is 164 Å². The number of ether oxygens (including phenoxy) is 1. The first-order valence-electron chi connectivity index (χ1n) is 8.87. The Hall–Kier alpha value is -3.60. The van der Waals surface area contributed by atoms with Gasteiger partial charge >= 0.3 is 12.1 Å². The maximum absolute atomic E-state index is 10.8. The van der Waals surface area contributed by atoms with Gasteiger partial charge in [-0.05, 0) is 41.3 Å². The maximum atomic E-state index is 10.8. The fourth-order valence-electron chi connectivity index (χ4n) is 3.30. The molecule has 3 aromatic rings. The SMILES string of the molecule is Cc1ccc(C(=O)O)cc1.NC(=O)OCC1c2ccccc2-c2ccccc21.[HH]. The van der Waals surface area contributed by atoms with Crippen LogP contribution in [0.2, 0.25) is 0 Å². The average molecular weight is 377 g/mol. The lowest BCUT2D eigenvalue weighted by molar-refractivity contribution is 0.0697. The predicted octanol–water partition coefficient (Wildman–Crippen LogP) is 4.83. The van der Waals surface area contributed by atoms with Gasteiger partial charge in [0, 0.05) is 7.34 Å². The van der Waals surface area contributed by atoms with Gasteiger partial charge in [-0.1, -0.05) is 66.2 Å². The Bertz CT molecular complexity index is 956. The minimum atomic E-state index is -0.875. The van der Waals surface area contributed by atoms with E-state index >= 15 is 0 Å². The van der Waals surface area contributed by atoms with Crippen LogP contribution in [0.25, 0.3) is 11.1 Å². The van der Waals surface area contributed by atoms with E-state index < -0.39 is 12.1 Å². The van der Waals surface area contributed by atoms with Crippen LogP contribution in [0.3, 0.4) is 0 Å². The van der Waals surface area contributed by atoms with Crippen molar-refractivity contribution in [2.24, 2.45) is 5.73 Å². The van der Waals surface area contributed by atoms with E-state index in [9.17, 15) is 9.59 Å². The third-order valence-corrected chi connectivity index (χ3v) is 4.65. The highest BCUT2D eigenvalue weighted by molar-refractivity contribution is 5.87. The van der Waals surface area contributed by atoms with Crippen molar-refractivity contribution >= 4 is 12.1 Å². The van der Waals surface area contributed by atoms with Crippen LogP contribution in [0, 0.1) is 6.92 Å². The number of amides is 1. The number of carbonyl (C=O) groups is 2. The van der Waals surface area contributed by atoms with E-state index in [4.69, 9.17) is 15.6 Å². The average Bonchev–Trinajstić information content (AvgIpc) is 3.01. The lowest BCUT2D eigenvalue weighted by Gasteiger charge is -2.12. The summed E-state index contributed by atoms with van der Waals surface area (Å²) in [5.74, 6) is -0.787. The zero-order valence-corrected chi connectivity index (χ0v) is 15.5. The first-order valence-corrected chi connectivity index (χ1v) is 8.87. The second kappa shape index (κ2) is 8.39. The number of carboxylic acids is 1. The van der Waals surface area contributed by atoms with E-state index in [1.807, 2.05) is 31.2 Å². The minimum Gasteiger partial charge on any atom is -0.478 e. The Morgan fingerprint density at radius 3 is 1.89 bits per heavy atom. The minimum absolute atomic E-state index is 0. The largest absolute Gasteiger partial charge is 0.478 e. The van der Waals surface area contributed by atoms with Gasteiger partial charge < -0.3 is 15.6 Å². The molecule has 1 amide bonds. The lowest BCUT2D eigenvalue weighted by atomic mass is 9.98. The van der Waals surface area contributed by atoms with E-state index in [-0.39, 0.29) is 7.34 Å². The van der Waals surface area contributed by atoms with E-state index in [0.717, 1.165) is 5.56 Å². The molecule has 0 saturated carbocycles. The summed E-state index contributed by atoms with van der Waals surface area (Å²) in [5.41, 5.74) is 11.3. The number of primary amides is 1. The number of aromatic carboxylic acids is 1. The monoisotopic (exact) mass is 377 g/mol. The number of fused-ring (bicyclic) bond motifs is 3. The number of rotatable bonds is 3. The quantitative estimate of drug-likeness (QED) is 0.684. The Balaban J connectivity index is 0.000000234. The second-order valence-electron chi connectivity index (χ2n) is 6.53. The van der Waals surface area contributed by atoms with Crippen molar-refractivity contribution in [1.82, 2.24) is 0 Å². The van der Waals surface area contributed by atoms with Crippen molar-refractivity contribution in [3.05, 3.63) is 95.1 Å². The van der Waals surface area contributed by atoms with Crippen LogP contribution in [0.5, 0.6) is 0 Å². The van der Waals surface area contributed by atoms with Gasteiger partial charge in [0.2, 0.25) is 0 Å². The van der Waals surface area contributed by atoms with Crippen LogP contribution < -0.4 is 5.73 Å². The molecule has 0 bridgehead atoms. The molecule has 28 heavy (non-hydrogen) atoms. The molecule has 4 rings (SSSR count). The zero-order valence-electron chi connectivity index (χ0n) is 15.5. The van der Waals surface area contributed by atoms with Crippen molar-refractivity contribution in [2.75, 3.05) is 6.61 Å². The molecule has 0 atom stereocenters. The highest BCUT2D eigenvalue weighted by Crippen LogP contribution is 2.44. The summed E-state index contributed by atoms with van der Waals surface area (Å²) in [6.07, 6.45) is -0.725. The summed E-state index contributed by atoms with van der Waals surface area (Å²) in [4.78, 5) is 21.1. The van der Waals surface area contributed by atoms with E-state index in [2.05, 4.69) is 24.3 Å². The van der Waals surface area contributed by atoms with Gasteiger partial charge in [-0.25, -0.2) is 9.59 Å². The van der Waals surface area contributed by atoms with Crippen molar-refractivity contribution in [3.8, 4) is 11.1 Å². The van der Waals surface area contributed by atoms with Crippen LogP contribution in [-0.4, -0.2) is 23.8 Å². The topological polar surface area (TPSA) is 89.6 Å². The molecule has 3 aromatic carbocycles. The van der Waals surface area contributed by atoms with E-state index in [0.29, 0.717) is 12.2 Å². The first-order chi connectivity index (χ1) is 13.5. The fraction of sp³-hybridized carbons (Fsp3) is 0.130. The van der Waals surface area contributed by atoms with Crippen LogP contribution >= 0.6 is 0 Å². The van der Waals surface area contributed by atoms with Gasteiger partial charge in [-0.15, -0.1) is 0 Å². The molecule has 0 fully saturated rings. The van der Waals surface area contributed by atoms with Gasteiger partial charge in [0.25, 0.3) is 0 Å². The third-order valence-electron chi connectivity index (χ3n) is 4.65.